The summed E-state index contributed by atoms with van der Waals surface area (Å²) in [6, 6.07) is 10.7. The molecule has 23 heavy (non-hydrogen) atoms. The summed E-state index contributed by atoms with van der Waals surface area (Å²) < 4.78 is 0. The first-order valence-corrected chi connectivity index (χ1v) is 9.11. The molecule has 5 nitrogen and oxygen atoms in total. The Balaban J connectivity index is 1.85. The molecule has 6 heteroatoms. The zero-order valence-electron chi connectivity index (χ0n) is 13.5. The Bertz CT molecular complexity index is 524. The summed E-state index contributed by atoms with van der Waals surface area (Å²) in [6.07, 6.45) is 0.999. The molecule has 0 bridgehead atoms. The largest absolute Gasteiger partial charge is 0.481 e. The molecule has 1 heterocycles. The molecule has 0 spiro atoms. The van der Waals surface area contributed by atoms with Gasteiger partial charge in [-0.25, -0.2) is 0 Å². The first-order valence-electron chi connectivity index (χ1n) is 7.95. The van der Waals surface area contributed by atoms with E-state index in [9.17, 15) is 9.59 Å². The van der Waals surface area contributed by atoms with Crippen molar-refractivity contribution in [2.75, 3.05) is 31.1 Å². The molecular weight excluding hydrogens is 312 g/mol. The fourth-order valence-electron chi connectivity index (χ4n) is 2.85. The second-order valence-corrected chi connectivity index (χ2v) is 6.73. The Hall–Kier alpha value is -1.53. The van der Waals surface area contributed by atoms with Crippen molar-refractivity contribution < 1.29 is 14.7 Å². The van der Waals surface area contributed by atoms with E-state index in [1.165, 1.54) is 17.3 Å². The summed E-state index contributed by atoms with van der Waals surface area (Å²) in [5.41, 5.74) is 1.29. The van der Waals surface area contributed by atoms with Crippen LogP contribution in [-0.4, -0.2) is 64.0 Å². The van der Waals surface area contributed by atoms with Crippen LogP contribution in [0.15, 0.2) is 30.3 Å². The number of rotatable bonds is 7. The van der Waals surface area contributed by atoms with E-state index < -0.39 is 5.97 Å². The highest BCUT2D eigenvalue weighted by Crippen LogP contribution is 2.17. The summed E-state index contributed by atoms with van der Waals surface area (Å²) >= 11 is 1.17. The molecule has 0 aliphatic carbocycles. The Labute approximate surface area is 141 Å². The molecule has 126 valence electrons. The van der Waals surface area contributed by atoms with Crippen LogP contribution in [0.25, 0.3) is 0 Å². The lowest BCUT2D eigenvalue weighted by Gasteiger charge is -2.41. The number of benzene rings is 1. The number of piperazine rings is 1. The Kier molecular flexibility index (Phi) is 6.92. The maximum atomic E-state index is 12.2. The molecule has 0 saturated carbocycles. The fourth-order valence-corrected chi connectivity index (χ4v) is 3.48. The normalized spacial score (nSPS) is 18.8. The standard InChI is InChI=1S/C17H24N2O3S/c1-2-15-11-19(16(20)12-23-13-17(21)22)9-8-18(15)10-14-6-4-3-5-7-14/h3-7,15H,2,8-13H2,1H3,(H,21,22). The van der Waals surface area contributed by atoms with Gasteiger partial charge in [-0.1, -0.05) is 37.3 Å². The highest BCUT2D eigenvalue weighted by Gasteiger charge is 2.28. The van der Waals surface area contributed by atoms with Gasteiger partial charge in [-0.2, -0.15) is 0 Å². The van der Waals surface area contributed by atoms with Gasteiger partial charge in [0.25, 0.3) is 0 Å². The molecule has 1 unspecified atom stereocenters. The first kappa shape index (κ1) is 17.8. The first-order chi connectivity index (χ1) is 11.1. The minimum atomic E-state index is -0.873. The maximum absolute atomic E-state index is 12.2. The van der Waals surface area contributed by atoms with Crippen molar-refractivity contribution in [1.82, 2.24) is 9.80 Å². The van der Waals surface area contributed by atoms with E-state index in [4.69, 9.17) is 5.11 Å². The van der Waals surface area contributed by atoms with E-state index in [1.54, 1.807) is 0 Å². The number of nitrogens with zero attached hydrogens (tertiary/aromatic N) is 2. The van der Waals surface area contributed by atoms with E-state index in [0.29, 0.717) is 6.04 Å². The minimum absolute atomic E-state index is 0.0169. The zero-order valence-corrected chi connectivity index (χ0v) is 14.3. The van der Waals surface area contributed by atoms with Gasteiger partial charge in [0.1, 0.15) is 0 Å². The topological polar surface area (TPSA) is 60.9 Å². The molecule has 1 amide bonds. The van der Waals surface area contributed by atoms with Crippen molar-refractivity contribution in [3.8, 4) is 0 Å². The molecule has 1 aliphatic heterocycles. The maximum Gasteiger partial charge on any atom is 0.313 e. The van der Waals surface area contributed by atoms with E-state index >= 15 is 0 Å². The highest BCUT2D eigenvalue weighted by molar-refractivity contribution is 8.00. The lowest BCUT2D eigenvalue weighted by Crippen LogP contribution is -2.54. The molecule has 1 aromatic rings. The van der Waals surface area contributed by atoms with Gasteiger partial charge in [0, 0.05) is 32.2 Å². The third-order valence-corrected chi connectivity index (χ3v) is 5.01. The number of amides is 1. The SMILES string of the molecule is CCC1CN(C(=O)CSCC(=O)O)CCN1Cc1ccccc1. The van der Waals surface area contributed by atoms with Gasteiger partial charge in [-0.15, -0.1) is 11.8 Å². The third-order valence-electron chi connectivity index (χ3n) is 4.11. The van der Waals surface area contributed by atoms with E-state index in [2.05, 4.69) is 36.1 Å². The summed E-state index contributed by atoms with van der Waals surface area (Å²) in [5.74, 6) is -0.589. The Morgan fingerprint density at radius 1 is 1.22 bits per heavy atom. The van der Waals surface area contributed by atoms with Crippen LogP contribution in [0.2, 0.25) is 0 Å². The summed E-state index contributed by atoms with van der Waals surface area (Å²) in [7, 11) is 0. The van der Waals surface area contributed by atoms with Gasteiger partial charge in [0.2, 0.25) is 5.91 Å². The molecule has 1 N–H and O–H groups in total. The van der Waals surface area contributed by atoms with Crippen LogP contribution in [0, 0.1) is 0 Å². The smallest absolute Gasteiger partial charge is 0.313 e. The molecule has 0 radical (unpaired) electrons. The summed E-state index contributed by atoms with van der Waals surface area (Å²) in [4.78, 5) is 27.0. The lowest BCUT2D eigenvalue weighted by atomic mass is 10.1. The van der Waals surface area contributed by atoms with Crippen molar-refractivity contribution in [1.29, 1.82) is 0 Å². The number of hydrogen-bond donors (Lipinski definition) is 1. The van der Waals surface area contributed by atoms with Crippen molar-refractivity contribution in [3.05, 3.63) is 35.9 Å². The highest BCUT2D eigenvalue weighted by atomic mass is 32.2. The average Bonchev–Trinajstić information content (AvgIpc) is 2.55. The van der Waals surface area contributed by atoms with E-state index in [0.717, 1.165) is 32.6 Å². The second kappa shape index (κ2) is 8.93. The number of thioether (sulfide) groups is 1. The predicted octanol–water partition coefficient (Wildman–Crippen LogP) is 1.93. The third kappa shape index (κ3) is 5.55. The van der Waals surface area contributed by atoms with E-state index in [1.807, 2.05) is 11.0 Å². The van der Waals surface area contributed by atoms with Crippen molar-refractivity contribution in [2.45, 2.75) is 25.9 Å². The monoisotopic (exact) mass is 336 g/mol. The van der Waals surface area contributed by atoms with Gasteiger partial charge in [-0.05, 0) is 12.0 Å². The van der Waals surface area contributed by atoms with Crippen LogP contribution < -0.4 is 0 Å². The van der Waals surface area contributed by atoms with Crippen molar-refractivity contribution >= 4 is 23.6 Å². The lowest BCUT2D eigenvalue weighted by molar-refractivity contribution is -0.133. The van der Waals surface area contributed by atoms with E-state index in [-0.39, 0.29) is 17.4 Å². The van der Waals surface area contributed by atoms with Gasteiger partial charge < -0.3 is 10.0 Å². The number of carbonyl (C=O) groups is 2. The number of aliphatic carboxylic acids is 1. The number of carboxylic acid groups (broad SMARTS) is 1. The molecule has 1 saturated heterocycles. The molecular formula is C17H24N2O3S. The molecule has 1 aromatic carbocycles. The van der Waals surface area contributed by atoms with Gasteiger partial charge in [-0.3, -0.25) is 14.5 Å². The molecule has 0 aromatic heterocycles. The van der Waals surface area contributed by atoms with Crippen LogP contribution in [0.1, 0.15) is 18.9 Å². The van der Waals surface area contributed by atoms with Crippen LogP contribution in [0.3, 0.4) is 0 Å². The number of carbonyl (C=O) groups excluding carboxylic acids is 1. The fraction of sp³-hybridized carbons (Fsp3) is 0.529. The zero-order chi connectivity index (χ0) is 16.7. The summed E-state index contributed by atoms with van der Waals surface area (Å²) in [5, 5.41) is 8.64. The Morgan fingerprint density at radius 3 is 2.61 bits per heavy atom. The van der Waals surface area contributed by atoms with Crippen LogP contribution in [-0.2, 0) is 16.1 Å². The van der Waals surface area contributed by atoms with Gasteiger partial charge in [0.15, 0.2) is 0 Å². The van der Waals surface area contributed by atoms with Crippen molar-refractivity contribution in [2.24, 2.45) is 0 Å². The van der Waals surface area contributed by atoms with Crippen LogP contribution in [0.4, 0.5) is 0 Å². The minimum Gasteiger partial charge on any atom is -0.481 e. The van der Waals surface area contributed by atoms with Crippen LogP contribution >= 0.6 is 11.8 Å². The van der Waals surface area contributed by atoms with Crippen molar-refractivity contribution in [3.63, 3.8) is 0 Å². The molecule has 1 atom stereocenters. The van der Waals surface area contributed by atoms with Gasteiger partial charge in [0.05, 0.1) is 11.5 Å². The Morgan fingerprint density at radius 2 is 1.96 bits per heavy atom. The molecule has 1 fully saturated rings. The average molecular weight is 336 g/mol. The summed E-state index contributed by atoms with van der Waals surface area (Å²) in [6.45, 7) is 5.37. The molecule has 1 aliphatic rings. The van der Waals surface area contributed by atoms with Gasteiger partial charge >= 0.3 is 5.97 Å². The number of hydrogen-bond acceptors (Lipinski definition) is 4. The quantitative estimate of drug-likeness (QED) is 0.824. The van der Waals surface area contributed by atoms with Crippen LogP contribution in [0.5, 0.6) is 0 Å². The predicted molar refractivity (Wildman–Crippen MR) is 92.5 cm³/mol. The second-order valence-electron chi connectivity index (χ2n) is 5.74. The molecule has 2 rings (SSSR count). The number of carboxylic acids is 1.